The fourth-order valence-electron chi connectivity index (χ4n) is 6.80. The van der Waals surface area contributed by atoms with Crippen LogP contribution in [0.5, 0.6) is 0 Å². The zero-order valence-electron chi connectivity index (χ0n) is 7.97. The molecule has 5 aliphatic rings. The zero-order chi connectivity index (χ0) is 9.19. The molecule has 0 radical (unpaired) electrons. The van der Waals surface area contributed by atoms with Crippen LogP contribution in [0.4, 0.5) is 0 Å². The van der Waals surface area contributed by atoms with Crippen LogP contribution in [-0.2, 0) is 4.79 Å². The van der Waals surface area contributed by atoms with Crippen molar-refractivity contribution >= 4 is 5.97 Å². The molecule has 2 nitrogen and oxygen atoms in total. The van der Waals surface area contributed by atoms with Crippen molar-refractivity contribution in [2.75, 3.05) is 0 Å². The number of carboxylic acid groups (broad SMARTS) is 1. The number of carbonyl (C=O) groups is 1. The maximum atomic E-state index is 11.3. The molecule has 2 bridgehead atoms. The van der Waals surface area contributed by atoms with Gasteiger partial charge in [-0.3, -0.25) is 4.79 Å². The number of hydrogen-bond donors (Lipinski definition) is 1. The third kappa shape index (κ3) is 0.409. The topological polar surface area (TPSA) is 37.3 Å². The van der Waals surface area contributed by atoms with Crippen molar-refractivity contribution in [3.8, 4) is 0 Å². The monoisotopic (exact) mass is 190 g/mol. The second-order valence-corrected chi connectivity index (χ2v) is 6.30. The highest BCUT2D eigenvalue weighted by atomic mass is 16.4. The van der Waals surface area contributed by atoms with E-state index in [1.165, 1.54) is 12.8 Å². The molecule has 0 spiro atoms. The van der Waals surface area contributed by atoms with Crippen molar-refractivity contribution in [3.63, 3.8) is 0 Å². The average molecular weight is 190 g/mol. The summed E-state index contributed by atoms with van der Waals surface area (Å²) >= 11 is 0. The molecule has 1 N–H and O–H groups in total. The lowest BCUT2D eigenvalue weighted by Crippen LogP contribution is -2.45. The first-order valence-electron chi connectivity index (χ1n) is 6.02. The molecule has 0 aliphatic heterocycles. The fourth-order valence-corrected chi connectivity index (χ4v) is 6.80. The molecular weight excluding hydrogens is 176 g/mol. The van der Waals surface area contributed by atoms with Crippen LogP contribution in [0, 0.1) is 53.3 Å². The minimum Gasteiger partial charge on any atom is -0.481 e. The summed E-state index contributed by atoms with van der Waals surface area (Å²) in [4.78, 5) is 11.3. The molecular formula is C12H14O2. The van der Waals surface area contributed by atoms with E-state index in [0.29, 0.717) is 11.8 Å². The van der Waals surface area contributed by atoms with Gasteiger partial charge in [0.2, 0.25) is 0 Å². The lowest BCUT2D eigenvalue weighted by molar-refractivity contribution is -0.150. The van der Waals surface area contributed by atoms with Gasteiger partial charge in [-0.25, -0.2) is 0 Å². The van der Waals surface area contributed by atoms with Crippen molar-refractivity contribution in [1.29, 1.82) is 0 Å². The third-order valence-corrected chi connectivity index (χ3v) is 6.61. The van der Waals surface area contributed by atoms with Gasteiger partial charge in [0.1, 0.15) is 0 Å². The van der Waals surface area contributed by atoms with Gasteiger partial charge in [-0.1, -0.05) is 0 Å². The summed E-state index contributed by atoms with van der Waals surface area (Å²) in [5.41, 5.74) is 0. The standard InChI is InChI=1S/C12H14O2/c13-12(14)11-8-4-2-5-7-3(4)1-6(8)9(7)10(5)11/h3-11H,1-2H2,(H,13,14)/t3-,4+,5+,6+,7-,8+,9+,10+,11+/m0/s1. The van der Waals surface area contributed by atoms with E-state index in [4.69, 9.17) is 0 Å². The van der Waals surface area contributed by atoms with E-state index < -0.39 is 5.97 Å². The first kappa shape index (κ1) is 6.86. The Balaban J connectivity index is 1.75. The Labute approximate surface area is 82.7 Å². The lowest BCUT2D eigenvalue weighted by Gasteiger charge is -2.46. The molecule has 0 aromatic heterocycles. The van der Waals surface area contributed by atoms with Crippen LogP contribution in [0.25, 0.3) is 0 Å². The van der Waals surface area contributed by atoms with Crippen LogP contribution < -0.4 is 0 Å². The molecule has 5 fully saturated rings. The summed E-state index contributed by atoms with van der Waals surface area (Å²) in [6.07, 6.45) is 2.81. The van der Waals surface area contributed by atoms with E-state index in [1.807, 2.05) is 0 Å². The first-order valence-corrected chi connectivity index (χ1v) is 6.02. The molecule has 0 aromatic carbocycles. The quantitative estimate of drug-likeness (QED) is 0.679. The van der Waals surface area contributed by atoms with Crippen LogP contribution in [-0.4, -0.2) is 11.1 Å². The van der Waals surface area contributed by atoms with E-state index in [9.17, 15) is 9.90 Å². The Morgan fingerprint density at radius 1 is 0.857 bits per heavy atom. The fraction of sp³-hybridized carbons (Fsp3) is 0.917. The molecule has 9 atom stereocenters. The zero-order valence-corrected chi connectivity index (χ0v) is 7.97. The first-order chi connectivity index (χ1) is 6.79. The minimum absolute atomic E-state index is 0.0810. The summed E-state index contributed by atoms with van der Waals surface area (Å²) in [5.74, 6) is 6.22. The highest BCUT2D eigenvalue weighted by Crippen LogP contribution is 2.84. The average Bonchev–Trinajstić information content (AvgIpc) is 2.60. The molecule has 0 amide bonds. The molecule has 0 aromatic rings. The van der Waals surface area contributed by atoms with Crippen molar-refractivity contribution in [3.05, 3.63) is 0 Å². The lowest BCUT2D eigenvalue weighted by atomic mass is 9.57. The van der Waals surface area contributed by atoms with E-state index >= 15 is 0 Å². The molecule has 5 saturated carbocycles. The number of rotatable bonds is 1. The summed E-state index contributed by atoms with van der Waals surface area (Å²) in [7, 11) is 0. The maximum Gasteiger partial charge on any atom is 0.307 e. The van der Waals surface area contributed by atoms with Crippen LogP contribution >= 0.6 is 0 Å². The Kier molecular flexibility index (Phi) is 0.812. The van der Waals surface area contributed by atoms with Gasteiger partial charge in [0.05, 0.1) is 5.92 Å². The molecule has 74 valence electrons. The normalized spacial score (nSPS) is 74.4. The molecule has 14 heavy (non-hydrogen) atoms. The Hall–Kier alpha value is -0.530. The molecule has 0 heterocycles. The van der Waals surface area contributed by atoms with E-state index in [2.05, 4.69) is 0 Å². The van der Waals surface area contributed by atoms with Crippen molar-refractivity contribution in [2.45, 2.75) is 12.8 Å². The number of aliphatic carboxylic acids is 1. The highest BCUT2D eigenvalue weighted by molar-refractivity contribution is 5.73. The van der Waals surface area contributed by atoms with Crippen LogP contribution in [0.1, 0.15) is 12.8 Å². The smallest absolute Gasteiger partial charge is 0.307 e. The maximum absolute atomic E-state index is 11.3. The summed E-state index contributed by atoms with van der Waals surface area (Å²) in [6.45, 7) is 0. The van der Waals surface area contributed by atoms with E-state index in [0.717, 1.165) is 35.5 Å². The molecule has 0 unspecified atom stereocenters. The minimum atomic E-state index is -0.469. The van der Waals surface area contributed by atoms with Gasteiger partial charge in [0, 0.05) is 0 Å². The third-order valence-electron chi connectivity index (χ3n) is 6.61. The van der Waals surface area contributed by atoms with Gasteiger partial charge in [0.25, 0.3) is 0 Å². The SMILES string of the molecule is O=C(O)[C@@H]1[C@@H]2[C@@H]3C[C@@H]4[C@@H]5[C@H]3C[C@H]2[C@H]5[C@@H]41. The molecule has 2 heteroatoms. The van der Waals surface area contributed by atoms with E-state index in [-0.39, 0.29) is 5.92 Å². The predicted molar refractivity (Wildman–Crippen MR) is 48.3 cm³/mol. The van der Waals surface area contributed by atoms with Crippen LogP contribution in [0.15, 0.2) is 0 Å². The highest BCUT2D eigenvalue weighted by Gasteiger charge is 2.81. The predicted octanol–water partition coefficient (Wildman–Crippen LogP) is 1.47. The van der Waals surface area contributed by atoms with Crippen molar-refractivity contribution < 1.29 is 9.90 Å². The largest absolute Gasteiger partial charge is 0.481 e. The van der Waals surface area contributed by atoms with Gasteiger partial charge in [-0.15, -0.1) is 0 Å². The summed E-state index contributed by atoms with van der Waals surface area (Å²) in [6, 6.07) is 0. The summed E-state index contributed by atoms with van der Waals surface area (Å²) < 4.78 is 0. The summed E-state index contributed by atoms with van der Waals surface area (Å²) in [5, 5.41) is 9.33. The van der Waals surface area contributed by atoms with E-state index in [1.54, 1.807) is 0 Å². The second kappa shape index (κ2) is 1.66. The Morgan fingerprint density at radius 2 is 1.50 bits per heavy atom. The van der Waals surface area contributed by atoms with Crippen molar-refractivity contribution in [1.82, 2.24) is 0 Å². The van der Waals surface area contributed by atoms with Gasteiger partial charge in [0.15, 0.2) is 0 Å². The second-order valence-electron chi connectivity index (χ2n) is 6.30. The van der Waals surface area contributed by atoms with Gasteiger partial charge < -0.3 is 5.11 Å². The molecule has 5 aliphatic carbocycles. The molecule has 5 rings (SSSR count). The Bertz CT molecular complexity index is 357. The number of carboxylic acids is 1. The number of fused-ring (bicyclic) bond motifs is 2. The van der Waals surface area contributed by atoms with Crippen molar-refractivity contribution in [2.24, 2.45) is 53.3 Å². The van der Waals surface area contributed by atoms with Gasteiger partial charge in [-0.2, -0.15) is 0 Å². The number of hydrogen-bond acceptors (Lipinski definition) is 1. The van der Waals surface area contributed by atoms with Gasteiger partial charge in [-0.05, 0) is 60.2 Å². The molecule has 0 saturated heterocycles. The Morgan fingerprint density at radius 3 is 2.21 bits per heavy atom. The van der Waals surface area contributed by atoms with Crippen LogP contribution in [0.3, 0.4) is 0 Å². The van der Waals surface area contributed by atoms with Crippen LogP contribution in [0.2, 0.25) is 0 Å². The van der Waals surface area contributed by atoms with Gasteiger partial charge >= 0.3 is 5.97 Å².